The zero-order chi connectivity index (χ0) is 18.4. The fourth-order valence-electron chi connectivity index (χ4n) is 3.97. The molecular formula is C20H16ClN5O. The number of nitrogens with zero attached hydrogens (tertiary/aromatic N) is 4. The Kier molecular flexibility index (Phi) is 3.79. The second kappa shape index (κ2) is 6.32. The molecule has 0 saturated carbocycles. The molecule has 6 nitrogen and oxygen atoms in total. The number of Topliss-reactive ketones (excluding diaryl/α,β-unsaturated/α-hetero) is 1. The number of allylic oxidation sites excluding steroid dienone is 2. The first-order valence-corrected chi connectivity index (χ1v) is 9.16. The highest BCUT2D eigenvalue weighted by molar-refractivity contribution is 6.30. The Hall–Kier alpha value is -2.99. The number of anilines is 1. The first kappa shape index (κ1) is 16.2. The number of halogens is 1. The number of hydrogen-bond acceptors (Lipinski definition) is 5. The zero-order valence-electron chi connectivity index (χ0n) is 14.3. The van der Waals surface area contributed by atoms with Crippen molar-refractivity contribution in [2.45, 2.75) is 24.8 Å². The van der Waals surface area contributed by atoms with E-state index in [4.69, 9.17) is 11.6 Å². The van der Waals surface area contributed by atoms with E-state index in [0.29, 0.717) is 17.4 Å². The monoisotopic (exact) mass is 377 g/mol. The fourth-order valence-corrected chi connectivity index (χ4v) is 4.09. The topological polar surface area (TPSA) is 72.7 Å². The van der Waals surface area contributed by atoms with Gasteiger partial charge in [-0.3, -0.25) is 9.78 Å². The Balaban J connectivity index is 1.58. The highest BCUT2D eigenvalue weighted by Gasteiger charge is 2.39. The van der Waals surface area contributed by atoms with Gasteiger partial charge in [-0.2, -0.15) is 10.1 Å². The summed E-state index contributed by atoms with van der Waals surface area (Å²) in [6, 6.07) is 11.3. The van der Waals surface area contributed by atoms with E-state index in [0.717, 1.165) is 28.8 Å². The molecule has 1 aliphatic carbocycles. The Labute approximate surface area is 160 Å². The van der Waals surface area contributed by atoms with Crippen LogP contribution in [0.5, 0.6) is 0 Å². The molecule has 0 saturated heterocycles. The average Bonchev–Trinajstić information content (AvgIpc) is 3.15. The molecule has 0 fully saturated rings. The molecule has 1 aromatic carbocycles. The Morgan fingerprint density at radius 3 is 2.74 bits per heavy atom. The number of rotatable bonds is 2. The third-order valence-electron chi connectivity index (χ3n) is 5.20. The summed E-state index contributed by atoms with van der Waals surface area (Å²) in [5.41, 5.74) is 3.72. The SMILES string of the molecule is O=C1C[C@@H](c2ccc(Cl)cc2)CC2=C1[C@@H](c1cccnc1)n1ncnc1N2. The fraction of sp³-hybridized carbons (Fsp3) is 0.200. The predicted molar refractivity (Wildman–Crippen MR) is 101 cm³/mol. The van der Waals surface area contributed by atoms with Gasteiger partial charge in [0, 0.05) is 35.1 Å². The number of carbonyl (C=O) groups is 1. The predicted octanol–water partition coefficient (Wildman–Crippen LogP) is 3.74. The smallest absolute Gasteiger partial charge is 0.226 e. The lowest BCUT2D eigenvalue weighted by Gasteiger charge is -2.35. The summed E-state index contributed by atoms with van der Waals surface area (Å²) in [4.78, 5) is 21.7. The Morgan fingerprint density at radius 2 is 1.96 bits per heavy atom. The third kappa shape index (κ3) is 2.73. The van der Waals surface area contributed by atoms with Crippen LogP contribution < -0.4 is 5.32 Å². The molecule has 27 heavy (non-hydrogen) atoms. The average molecular weight is 378 g/mol. The largest absolute Gasteiger partial charge is 0.328 e. The van der Waals surface area contributed by atoms with Crippen LogP contribution >= 0.6 is 11.6 Å². The molecule has 3 aromatic rings. The van der Waals surface area contributed by atoms with Crippen LogP contribution in [0.15, 0.2) is 66.4 Å². The molecule has 0 bridgehead atoms. The van der Waals surface area contributed by atoms with E-state index >= 15 is 0 Å². The van der Waals surface area contributed by atoms with Gasteiger partial charge in [-0.15, -0.1) is 0 Å². The molecule has 1 N–H and O–H groups in total. The van der Waals surface area contributed by atoms with E-state index in [1.165, 1.54) is 6.33 Å². The molecule has 2 aliphatic rings. The lowest BCUT2D eigenvalue weighted by molar-refractivity contribution is -0.116. The van der Waals surface area contributed by atoms with Gasteiger partial charge in [0.05, 0.1) is 0 Å². The summed E-state index contributed by atoms with van der Waals surface area (Å²) >= 11 is 6.01. The van der Waals surface area contributed by atoms with Gasteiger partial charge >= 0.3 is 0 Å². The number of carbonyl (C=O) groups excluding carboxylic acids is 1. The molecular weight excluding hydrogens is 362 g/mol. The number of nitrogens with one attached hydrogen (secondary N) is 1. The third-order valence-corrected chi connectivity index (χ3v) is 5.46. The molecule has 2 aromatic heterocycles. The molecule has 0 unspecified atom stereocenters. The van der Waals surface area contributed by atoms with E-state index in [1.807, 2.05) is 36.4 Å². The molecule has 5 rings (SSSR count). The second-order valence-electron chi connectivity index (χ2n) is 6.81. The number of fused-ring (bicyclic) bond motifs is 1. The number of ketones is 1. The van der Waals surface area contributed by atoms with Crippen LogP contribution in [0.2, 0.25) is 5.02 Å². The van der Waals surface area contributed by atoms with Crippen molar-refractivity contribution in [1.82, 2.24) is 19.7 Å². The molecule has 3 heterocycles. The van der Waals surface area contributed by atoms with E-state index < -0.39 is 0 Å². The van der Waals surface area contributed by atoms with Crippen LogP contribution in [0, 0.1) is 0 Å². The van der Waals surface area contributed by atoms with Crippen LogP contribution in [0.25, 0.3) is 0 Å². The first-order valence-electron chi connectivity index (χ1n) is 8.79. The maximum Gasteiger partial charge on any atom is 0.226 e. The molecule has 1 aliphatic heterocycles. The molecule has 134 valence electrons. The van der Waals surface area contributed by atoms with Crippen molar-refractivity contribution in [3.05, 3.63) is 82.5 Å². The molecule has 0 spiro atoms. The number of hydrogen-bond donors (Lipinski definition) is 1. The van der Waals surface area contributed by atoms with Crippen molar-refractivity contribution in [2.24, 2.45) is 0 Å². The highest BCUT2D eigenvalue weighted by atomic mass is 35.5. The van der Waals surface area contributed by atoms with Crippen LogP contribution in [-0.2, 0) is 4.79 Å². The first-order chi connectivity index (χ1) is 13.2. The number of aromatic nitrogens is 4. The van der Waals surface area contributed by atoms with E-state index in [1.54, 1.807) is 17.1 Å². The summed E-state index contributed by atoms with van der Waals surface area (Å²) in [5, 5.41) is 8.36. The summed E-state index contributed by atoms with van der Waals surface area (Å²) in [5.74, 6) is 0.885. The van der Waals surface area contributed by atoms with Crippen LogP contribution in [0.3, 0.4) is 0 Å². The summed E-state index contributed by atoms with van der Waals surface area (Å²) in [6.07, 6.45) is 6.21. The summed E-state index contributed by atoms with van der Waals surface area (Å²) in [7, 11) is 0. The van der Waals surface area contributed by atoms with Gasteiger partial charge in [-0.05, 0) is 41.7 Å². The van der Waals surface area contributed by atoms with Crippen LogP contribution in [0.4, 0.5) is 5.95 Å². The van der Waals surface area contributed by atoms with Gasteiger partial charge < -0.3 is 5.32 Å². The van der Waals surface area contributed by atoms with Gasteiger partial charge in [-0.25, -0.2) is 4.68 Å². The minimum absolute atomic E-state index is 0.116. The normalized spacial score (nSPS) is 21.4. The molecule has 0 radical (unpaired) electrons. The molecule has 2 atom stereocenters. The van der Waals surface area contributed by atoms with Gasteiger partial charge in [-0.1, -0.05) is 29.8 Å². The summed E-state index contributed by atoms with van der Waals surface area (Å²) in [6.45, 7) is 0. The van der Waals surface area contributed by atoms with Crippen LogP contribution in [-0.4, -0.2) is 25.5 Å². The molecule has 0 amide bonds. The number of pyridine rings is 1. The minimum atomic E-state index is -0.300. The zero-order valence-corrected chi connectivity index (χ0v) is 15.1. The van der Waals surface area contributed by atoms with Crippen LogP contribution in [0.1, 0.15) is 35.9 Å². The molecule has 7 heteroatoms. The lowest BCUT2D eigenvalue weighted by atomic mass is 9.78. The van der Waals surface area contributed by atoms with E-state index in [2.05, 4.69) is 20.4 Å². The Morgan fingerprint density at radius 1 is 1.11 bits per heavy atom. The van der Waals surface area contributed by atoms with E-state index in [-0.39, 0.29) is 17.7 Å². The van der Waals surface area contributed by atoms with Crippen molar-refractivity contribution >= 4 is 23.3 Å². The van der Waals surface area contributed by atoms with Gasteiger partial charge in [0.2, 0.25) is 5.95 Å². The highest BCUT2D eigenvalue weighted by Crippen LogP contribution is 2.43. The van der Waals surface area contributed by atoms with Crippen molar-refractivity contribution in [1.29, 1.82) is 0 Å². The maximum absolute atomic E-state index is 13.2. The van der Waals surface area contributed by atoms with Crippen molar-refractivity contribution < 1.29 is 4.79 Å². The lowest BCUT2D eigenvalue weighted by Crippen LogP contribution is -2.33. The standard InChI is InChI=1S/C20H16ClN5O/c21-15-5-3-12(4-6-15)14-8-16-18(17(27)9-14)19(13-2-1-7-22-10-13)26-20(25-16)23-11-24-26/h1-7,10-11,14,19H,8-9H2,(H,23,24,25)/t14-,19+/m0/s1. The maximum atomic E-state index is 13.2. The van der Waals surface area contributed by atoms with Gasteiger partial charge in [0.25, 0.3) is 0 Å². The minimum Gasteiger partial charge on any atom is -0.328 e. The quantitative estimate of drug-likeness (QED) is 0.736. The van der Waals surface area contributed by atoms with Gasteiger partial charge in [0.15, 0.2) is 5.78 Å². The second-order valence-corrected chi connectivity index (χ2v) is 7.25. The van der Waals surface area contributed by atoms with Crippen molar-refractivity contribution in [3.63, 3.8) is 0 Å². The van der Waals surface area contributed by atoms with Crippen molar-refractivity contribution in [2.75, 3.05) is 5.32 Å². The van der Waals surface area contributed by atoms with E-state index in [9.17, 15) is 4.79 Å². The number of benzene rings is 1. The van der Waals surface area contributed by atoms with Crippen molar-refractivity contribution in [3.8, 4) is 0 Å². The van der Waals surface area contributed by atoms with Gasteiger partial charge in [0.1, 0.15) is 12.4 Å². The Bertz CT molecular complexity index is 1040. The summed E-state index contributed by atoms with van der Waals surface area (Å²) < 4.78 is 1.76.